The van der Waals surface area contributed by atoms with Crippen molar-refractivity contribution in [1.29, 1.82) is 0 Å². The largest absolute Gasteiger partial charge is 0.485 e. The standard InChI is InChI=1S/C28H23NO4S/c1-17-8-10-23-21(14-17)22-15-20(27-26-25(18(2)34-27)31-12-13-32-26)9-11-24(22)29(23)28(30)33-16-19-6-4-3-5-7-19/h3-11,14-15H,12-13,16H2,1-2H3. The number of rotatable bonds is 3. The van der Waals surface area contributed by atoms with Crippen LogP contribution in [0.25, 0.3) is 32.2 Å². The minimum atomic E-state index is -0.387. The summed E-state index contributed by atoms with van der Waals surface area (Å²) in [5.41, 5.74) is 4.79. The molecule has 0 radical (unpaired) electrons. The van der Waals surface area contributed by atoms with Crippen LogP contribution in [0, 0.1) is 13.8 Å². The highest BCUT2D eigenvalue weighted by molar-refractivity contribution is 7.16. The van der Waals surface area contributed by atoms with E-state index in [9.17, 15) is 4.79 Å². The molecule has 2 aromatic heterocycles. The van der Waals surface area contributed by atoms with Crippen molar-refractivity contribution in [2.75, 3.05) is 13.2 Å². The fourth-order valence-corrected chi connectivity index (χ4v) is 5.58. The summed E-state index contributed by atoms with van der Waals surface area (Å²) in [5, 5.41) is 2.03. The molecule has 0 aliphatic carbocycles. The number of ether oxygens (including phenoxy) is 3. The Morgan fingerprint density at radius 1 is 0.912 bits per heavy atom. The van der Waals surface area contributed by atoms with Crippen molar-refractivity contribution < 1.29 is 19.0 Å². The summed E-state index contributed by atoms with van der Waals surface area (Å²) in [4.78, 5) is 15.4. The second-order valence-electron chi connectivity index (χ2n) is 8.47. The first-order chi connectivity index (χ1) is 16.6. The molecule has 6 heteroatoms. The third-order valence-electron chi connectivity index (χ3n) is 6.13. The number of hydrogen-bond donors (Lipinski definition) is 0. The summed E-state index contributed by atoms with van der Waals surface area (Å²) in [5.74, 6) is 1.66. The van der Waals surface area contributed by atoms with Crippen molar-refractivity contribution in [2.45, 2.75) is 20.5 Å². The monoisotopic (exact) mass is 469 g/mol. The number of aryl methyl sites for hydroxylation is 2. The van der Waals surface area contributed by atoms with Gasteiger partial charge in [-0.25, -0.2) is 9.36 Å². The lowest BCUT2D eigenvalue weighted by Crippen LogP contribution is -2.14. The lowest BCUT2D eigenvalue weighted by molar-refractivity contribution is 0.143. The molecule has 0 atom stereocenters. The van der Waals surface area contributed by atoms with E-state index in [0.29, 0.717) is 13.2 Å². The summed E-state index contributed by atoms with van der Waals surface area (Å²) < 4.78 is 19.2. The van der Waals surface area contributed by atoms with Crippen LogP contribution in [0.1, 0.15) is 16.0 Å². The van der Waals surface area contributed by atoms with E-state index in [2.05, 4.69) is 26.0 Å². The van der Waals surface area contributed by atoms with Gasteiger partial charge in [-0.1, -0.05) is 48.0 Å². The Bertz CT molecular complexity index is 1550. The van der Waals surface area contributed by atoms with E-state index in [1.54, 1.807) is 15.9 Å². The number of carbonyl (C=O) groups is 1. The summed E-state index contributed by atoms with van der Waals surface area (Å²) in [7, 11) is 0. The third kappa shape index (κ3) is 3.42. The molecule has 170 valence electrons. The molecule has 0 fully saturated rings. The lowest BCUT2D eigenvalue weighted by Gasteiger charge is -2.16. The van der Waals surface area contributed by atoms with Gasteiger partial charge >= 0.3 is 6.09 Å². The summed E-state index contributed by atoms with van der Waals surface area (Å²) in [6.45, 7) is 5.45. The predicted octanol–water partition coefficient (Wildman–Crippen LogP) is 7.10. The third-order valence-corrected chi connectivity index (χ3v) is 7.25. The van der Waals surface area contributed by atoms with Crippen molar-refractivity contribution in [1.82, 2.24) is 4.57 Å². The van der Waals surface area contributed by atoms with Gasteiger partial charge in [-0.2, -0.15) is 0 Å². The minimum Gasteiger partial charge on any atom is -0.485 e. The number of aromatic nitrogens is 1. The van der Waals surface area contributed by atoms with Gasteiger partial charge in [0.1, 0.15) is 19.8 Å². The zero-order chi connectivity index (χ0) is 23.2. The zero-order valence-corrected chi connectivity index (χ0v) is 19.8. The molecule has 0 saturated carbocycles. The number of carbonyl (C=O) groups excluding carboxylic acids is 1. The molecule has 0 unspecified atom stereocenters. The van der Waals surface area contributed by atoms with E-state index in [1.807, 2.05) is 54.6 Å². The van der Waals surface area contributed by atoms with Crippen molar-refractivity contribution in [3.8, 4) is 21.9 Å². The van der Waals surface area contributed by atoms with Gasteiger partial charge in [-0.05, 0) is 49.2 Å². The molecule has 5 aromatic rings. The highest BCUT2D eigenvalue weighted by atomic mass is 32.1. The van der Waals surface area contributed by atoms with E-state index in [4.69, 9.17) is 14.2 Å². The molecular formula is C28H23NO4S. The van der Waals surface area contributed by atoms with Crippen LogP contribution in [0.2, 0.25) is 0 Å². The van der Waals surface area contributed by atoms with Crippen LogP contribution in [-0.2, 0) is 11.3 Å². The van der Waals surface area contributed by atoms with Gasteiger partial charge in [-0.3, -0.25) is 0 Å². The second kappa shape index (κ2) is 8.22. The molecular weight excluding hydrogens is 446 g/mol. The average molecular weight is 470 g/mol. The van der Waals surface area contributed by atoms with Gasteiger partial charge in [0.2, 0.25) is 0 Å². The van der Waals surface area contributed by atoms with Crippen LogP contribution in [-0.4, -0.2) is 23.9 Å². The number of benzene rings is 3. The molecule has 6 rings (SSSR count). The lowest BCUT2D eigenvalue weighted by atomic mass is 10.1. The first-order valence-corrected chi connectivity index (χ1v) is 12.1. The first kappa shape index (κ1) is 20.8. The highest BCUT2D eigenvalue weighted by Crippen LogP contribution is 2.49. The van der Waals surface area contributed by atoms with E-state index < -0.39 is 0 Å². The smallest absolute Gasteiger partial charge is 0.419 e. The molecule has 3 aromatic carbocycles. The zero-order valence-electron chi connectivity index (χ0n) is 19.0. The molecule has 0 spiro atoms. The molecule has 3 heterocycles. The average Bonchev–Trinajstić information content (AvgIpc) is 3.37. The van der Waals surface area contributed by atoms with E-state index in [0.717, 1.165) is 59.7 Å². The van der Waals surface area contributed by atoms with Gasteiger partial charge in [0.25, 0.3) is 0 Å². The molecule has 1 aliphatic rings. The van der Waals surface area contributed by atoms with Gasteiger partial charge in [0, 0.05) is 15.6 Å². The Labute approximate surface area is 201 Å². The molecule has 5 nitrogen and oxygen atoms in total. The topological polar surface area (TPSA) is 49.7 Å². The molecule has 1 aliphatic heterocycles. The van der Waals surface area contributed by atoms with Crippen molar-refractivity contribution >= 4 is 39.2 Å². The van der Waals surface area contributed by atoms with Gasteiger partial charge in [-0.15, -0.1) is 11.3 Å². The quantitative estimate of drug-likeness (QED) is 0.283. The first-order valence-electron chi connectivity index (χ1n) is 11.3. The van der Waals surface area contributed by atoms with Gasteiger partial charge < -0.3 is 14.2 Å². The van der Waals surface area contributed by atoms with E-state index in [1.165, 1.54) is 0 Å². The summed E-state index contributed by atoms with van der Waals surface area (Å²) >= 11 is 1.67. The van der Waals surface area contributed by atoms with Crippen molar-refractivity contribution in [2.24, 2.45) is 0 Å². The van der Waals surface area contributed by atoms with Crippen LogP contribution in [0.3, 0.4) is 0 Å². The maximum Gasteiger partial charge on any atom is 0.419 e. The number of thiophene rings is 1. The maximum absolute atomic E-state index is 13.2. The fourth-order valence-electron chi connectivity index (χ4n) is 4.54. The van der Waals surface area contributed by atoms with Gasteiger partial charge in [0.05, 0.1) is 15.9 Å². The van der Waals surface area contributed by atoms with Crippen LogP contribution >= 0.6 is 11.3 Å². The molecule has 34 heavy (non-hydrogen) atoms. The molecule has 0 N–H and O–H groups in total. The molecule has 0 bridgehead atoms. The van der Waals surface area contributed by atoms with Crippen LogP contribution < -0.4 is 9.47 Å². The predicted molar refractivity (Wildman–Crippen MR) is 135 cm³/mol. The Balaban J connectivity index is 1.47. The summed E-state index contributed by atoms with van der Waals surface area (Å²) in [6, 6.07) is 22.0. The van der Waals surface area contributed by atoms with E-state index in [-0.39, 0.29) is 12.7 Å². The van der Waals surface area contributed by atoms with E-state index >= 15 is 0 Å². The van der Waals surface area contributed by atoms with Crippen LogP contribution in [0.5, 0.6) is 11.5 Å². The number of hydrogen-bond acceptors (Lipinski definition) is 5. The maximum atomic E-state index is 13.2. The van der Waals surface area contributed by atoms with Gasteiger partial charge in [0.15, 0.2) is 11.5 Å². The Morgan fingerprint density at radius 3 is 2.41 bits per heavy atom. The van der Waals surface area contributed by atoms with Crippen LogP contribution in [0.15, 0.2) is 66.7 Å². The highest BCUT2D eigenvalue weighted by Gasteiger charge is 2.24. The SMILES string of the molecule is Cc1ccc2c(c1)c1cc(-c3sc(C)c4c3OCCO4)ccc1n2C(=O)OCc1ccccc1. The molecule has 0 amide bonds. The Morgan fingerprint density at radius 2 is 1.62 bits per heavy atom. The second-order valence-corrected chi connectivity index (χ2v) is 9.70. The summed E-state index contributed by atoms with van der Waals surface area (Å²) in [6.07, 6.45) is -0.387. The van der Waals surface area contributed by atoms with Crippen molar-refractivity contribution in [3.63, 3.8) is 0 Å². The normalized spacial score (nSPS) is 12.9. The molecule has 0 saturated heterocycles. The Kier molecular flexibility index (Phi) is 5.03. The number of fused-ring (bicyclic) bond motifs is 4. The van der Waals surface area contributed by atoms with Crippen LogP contribution in [0.4, 0.5) is 4.79 Å². The Hall–Kier alpha value is -3.77. The fraction of sp³-hybridized carbons (Fsp3) is 0.179. The minimum absolute atomic E-state index is 0.225. The number of nitrogens with zero attached hydrogens (tertiary/aromatic N) is 1. The van der Waals surface area contributed by atoms with Crippen molar-refractivity contribution in [3.05, 3.63) is 82.7 Å².